The molecule has 118 valence electrons. The smallest absolute Gasteiger partial charge is 0.207 e. The predicted octanol–water partition coefficient (Wildman–Crippen LogP) is 2.93. The van der Waals surface area contributed by atoms with E-state index in [0.29, 0.717) is 18.0 Å². The Morgan fingerprint density at radius 3 is 2.64 bits per heavy atom. The summed E-state index contributed by atoms with van der Waals surface area (Å²) < 4.78 is 30.2. The van der Waals surface area contributed by atoms with Crippen molar-refractivity contribution in [3.8, 4) is 0 Å². The molecular formula is C16H21N2O2S2+. The van der Waals surface area contributed by atoms with Gasteiger partial charge in [0.25, 0.3) is 5.01 Å². The van der Waals surface area contributed by atoms with Crippen LogP contribution in [0.4, 0.5) is 0 Å². The first-order chi connectivity index (χ1) is 10.5. The average Bonchev–Trinajstić information content (AvgIpc) is 2.84. The van der Waals surface area contributed by atoms with Crippen LogP contribution in [0.25, 0.3) is 16.3 Å². The first-order valence-electron chi connectivity index (χ1n) is 7.59. The van der Waals surface area contributed by atoms with Gasteiger partial charge in [0.2, 0.25) is 15.5 Å². The minimum Gasteiger partial charge on any atom is -0.207 e. The molecule has 1 aromatic carbocycles. The molecule has 1 aliphatic heterocycles. The minimum absolute atomic E-state index is 0.413. The number of aryl methyl sites for hydroxylation is 1. The molecule has 0 atom stereocenters. The Hall–Kier alpha value is -1.24. The van der Waals surface area contributed by atoms with Gasteiger partial charge in [0.05, 0.1) is 4.90 Å². The number of rotatable bonds is 3. The molecule has 1 aromatic heterocycles. The maximum atomic E-state index is 12.8. The second-order valence-electron chi connectivity index (χ2n) is 5.59. The number of benzene rings is 1. The number of fused-ring (bicyclic) bond motifs is 1. The highest BCUT2D eigenvalue weighted by atomic mass is 32.2. The molecule has 0 bridgehead atoms. The molecule has 0 spiro atoms. The zero-order chi connectivity index (χ0) is 15.7. The van der Waals surface area contributed by atoms with Gasteiger partial charge in [0.1, 0.15) is 11.7 Å². The summed E-state index contributed by atoms with van der Waals surface area (Å²) in [5, 5.41) is 1.12. The van der Waals surface area contributed by atoms with E-state index in [0.717, 1.165) is 34.5 Å². The zero-order valence-electron chi connectivity index (χ0n) is 12.9. The van der Waals surface area contributed by atoms with Crippen molar-refractivity contribution in [2.45, 2.75) is 31.1 Å². The molecule has 1 aliphatic rings. The lowest BCUT2D eigenvalue weighted by atomic mass is 10.2. The van der Waals surface area contributed by atoms with Crippen molar-refractivity contribution in [3.05, 3.63) is 29.3 Å². The summed E-state index contributed by atoms with van der Waals surface area (Å²) in [5.41, 5.74) is 1.07. The molecular weight excluding hydrogens is 316 g/mol. The van der Waals surface area contributed by atoms with Crippen molar-refractivity contribution in [3.63, 3.8) is 0 Å². The topological polar surface area (TPSA) is 41.3 Å². The van der Waals surface area contributed by atoms with Crippen LogP contribution in [0.15, 0.2) is 29.2 Å². The van der Waals surface area contributed by atoms with Gasteiger partial charge in [-0.15, -0.1) is 0 Å². The fourth-order valence-corrected chi connectivity index (χ4v) is 5.63. The van der Waals surface area contributed by atoms with Crippen molar-refractivity contribution >= 4 is 37.7 Å². The first kappa shape index (κ1) is 15.6. The molecule has 1 saturated heterocycles. The fraction of sp³-hybridized carbons (Fsp3) is 0.438. The zero-order valence-corrected chi connectivity index (χ0v) is 14.6. The van der Waals surface area contributed by atoms with E-state index in [1.807, 2.05) is 38.3 Å². The van der Waals surface area contributed by atoms with Gasteiger partial charge in [-0.3, -0.25) is 0 Å². The molecule has 0 aliphatic carbocycles. The number of allylic oxidation sites excluding steroid dienone is 1. The van der Waals surface area contributed by atoms with Crippen LogP contribution >= 0.6 is 11.3 Å². The summed E-state index contributed by atoms with van der Waals surface area (Å²) in [6.07, 6.45) is 7.08. The predicted molar refractivity (Wildman–Crippen MR) is 90.3 cm³/mol. The number of hydrogen-bond donors (Lipinski definition) is 0. The van der Waals surface area contributed by atoms with Crippen LogP contribution in [-0.4, -0.2) is 25.8 Å². The van der Waals surface area contributed by atoms with E-state index in [2.05, 4.69) is 4.57 Å². The van der Waals surface area contributed by atoms with Crippen molar-refractivity contribution in [2.24, 2.45) is 7.05 Å². The molecule has 6 heteroatoms. The van der Waals surface area contributed by atoms with Crippen LogP contribution in [0.5, 0.6) is 0 Å². The highest BCUT2D eigenvalue weighted by molar-refractivity contribution is 7.89. The Kier molecular flexibility index (Phi) is 4.34. The molecule has 0 saturated carbocycles. The second-order valence-corrected chi connectivity index (χ2v) is 8.59. The van der Waals surface area contributed by atoms with Crippen LogP contribution in [-0.2, 0) is 17.1 Å². The van der Waals surface area contributed by atoms with E-state index in [1.165, 1.54) is 0 Å². The van der Waals surface area contributed by atoms with E-state index in [4.69, 9.17) is 0 Å². The number of nitrogens with zero attached hydrogens (tertiary/aromatic N) is 2. The SMILES string of the molecule is C/C=C/c1sc2cc(S(=O)(=O)N3CCCCC3)ccc2[n+]1C. The van der Waals surface area contributed by atoms with Crippen LogP contribution < -0.4 is 4.57 Å². The van der Waals surface area contributed by atoms with Crippen molar-refractivity contribution < 1.29 is 13.0 Å². The third-order valence-electron chi connectivity index (χ3n) is 4.10. The van der Waals surface area contributed by atoms with E-state index in [9.17, 15) is 8.42 Å². The molecule has 0 radical (unpaired) electrons. The largest absolute Gasteiger partial charge is 0.262 e. The highest BCUT2D eigenvalue weighted by Crippen LogP contribution is 2.27. The van der Waals surface area contributed by atoms with Gasteiger partial charge >= 0.3 is 0 Å². The van der Waals surface area contributed by atoms with E-state index in [1.54, 1.807) is 21.7 Å². The van der Waals surface area contributed by atoms with Gasteiger partial charge in [-0.25, -0.2) is 8.42 Å². The van der Waals surface area contributed by atoms with Gasteiger partial charge < -0.3 is 0 Å². The van der Waals surface area contributed by atoms with Gasteiger partial charge in [-0.05, 0) is 31.9 Å². The Morgan fingerprint density at radius 1 is 1.23 bits per heavy atom. The summed E-state index contributed by atoms with van der Waals surface area (Å²) >= 11 is 1.62. The molecule has 0 N–H and O–H groups in total. The van der Waals surface area contributed by atoms with Crippen LogP contribution in [0.3, 0.4) is 0 Å². The molecule has 2 heterocycles. The van der Waals surface area contributed by atoms with Crippen molar-refractivity contribution in [2.75, 3.05) is 13.1 Å². The molecule has 2 aromatic rings. The van der Waals surface area contributed by atoms with E-state index in [-0.39, 0.29) is 0 Å². The summed E-state index contributed by atoms with van der Waals surface area (Å²) in [5.74, 6) is 0. The van der Waals surface area contributed by atoms with Crippen LogP contribution in [0, 0.1) is 0 Å². The van der Waals surface area contributed by atoms with E-state index < -0.39 is 10.0 Å². The fourth-order valence-electron chi connectivity index (χ4n) is 2.86. The van der Waals surface area contributed by atoms with Crippen LogP contribution in [0.1, 0.15) is 31.2 Å². The molecule has 0 amide bonds. The molecule has 22 heavy (non-hydrogen) atoms. The first-order valence-corrected chi connectivity index (χ1v) is 9.85. The Bertz CT molecular complexity index is 816. The van der Waals surface area contributed by atoms with Gasteiger partial charge in [0, 0.05) is 25.2 Å². The Labute approximate surface area is 135 Å². The minimum atomic E-state index is -3.36. The average molecular weight is 337 g/mol. The van der Waals surface area contributed by atoms with Gasteiger partial charge in [-0.1, -0.05) is 23.8 Å². The summed E-state index contributed by atoms with van der Waals surface area (Å²) in [7, 11) is -1.35. The van der Waals surface area contributed by atoms with Crippen LogP contribution in [0.2, 0.25) is 0 Å². The molecule has 0 unspecified atom stereocenters. The summed E-state index contributed by atoms with van der Waals surface area (Å²) in [6.45, 7) is 3.27. The number of sulfonamides is 1. The van der Waals surface area contributed by atoms with Gasteiger partial charge in [0.15, 0.2) is 0 Å². The Balaban J connectivity index is 2.04. The lowest BCUT2D eigenvalue weighted by Gasteiger charge is -2.25. The molecule has 3 rings (SSSR count). The van der Waals surface area contributed by atoms with E-state index >= 15 is 0 Å². The normalized spacial score (nSPS) is 17.5. The monoisotopic (exact) mass is 337 g/mol. The quantitative estimate of drug-likeness (QED) is 0.808. The molecule has 4 nitrogen and oxygen atoms in total. The standard InChI is InChI=1S/C16H21N2O2S2/c1-3-7-16-17(2)14-9-8-13(12-15(14)21-16)22(19,20)18-10-5-4-6-11-18/h3,7-9,12H,4-6,10-11H2,1-2H3/q+1/b7-3+. The summed E-state index contributed by atoms with van der Waals surface area (Å²) in [4.78, 5) is 0.413. The maximum Gasteiger partial charge on any atom is 0.262 e. The second kappa shape index (κ2) is 6.10. The maximum absolute atomic E-state index is 12.8. The lowest BCUT2D eigenvalue weighted by Crippen LogP contribution is -2.35. The molecule has 1 fully saturated rings. The number of hydrogen-bond acceptors (Lipinski definition) is 3. The summed E-state index contributed by atoms with van der Waals surface area (Å²) in [6, 6.07) is 5.46. The number of aromatic nitrogens is 1. The lowest BCUT2D eigenvalue weighted by molar-refractivity contribution is -0.642. The third-order valence-corrected chi connectivity index (χ3v) is 7.16. The van der Waals surface area contributed by atoms with Gasteiger partial charge in [-0.2, -0.15) is 8.87 Å². The van der Waals surface area contributed by atoms with Crippen molar-refractivity contribution in [1.29, 1.82) is 0 Å². The number of thiazole rings is 1. The number of piperidine rings is 1. The van der Waals surface area contributed by atoms with Crippen molar-refractivity contribution in [1.82, 2.24) is 4.31 Å². The third kappa shape index (κ3) is 2.71. The Morgan fingerprint density at radius 2 is 1.95 bits per heavy atom. The highest BCUT2D eigenvalue weighted by Gasteiger charge is 2.27.